The van der Waals surface area contributed by atoms with Crippen molar-refractivity contribution < 1.29 is 28.9 Å². The highest BCUT2D eigenvalue weighted by atomic mass is 16.7. The molecule has 0 aromatic heterocycles. The zero-order valence-corrected chi connectivity index (χ0v) is 21.6. The molecule has 6 nitrogen and oxygen atoms in total. The Kier molecular flexibility index (Phi) is 5.03. The van der Waals surface area contributed by atoms with Crippen molar-refractivity contribution in [3.8, 4) is 0 Å². The first kappa shape index (κ1) is 24.0. The molecule has 0 unspecified atom stereocenters. The minimum atomic E-state index is -1.76. The van der Waals surface area contributed by atoms with Crippen molar-refractivity contribution in [2.75, 3.05) is 6.61 Å². The molecule has 3 fully saturated rings. The zero-order chi connectivity index (χ0) is 25.0. The minimum absolute atomic E-state index is 0.0181. The van der Waals surface area contributed by atoms with Crippen LogP contribution in [-0.2, 0) is 23.8 Å². The van der Waals surface area contributed by atoms with Gasteiger partial charge in [-0.25, -0.2) is 4.79 Å². The highest BCUT2D eigenvalue weighted by Crippen LogP contribution is 2.72. The van der Waals surface area contributed by atoms with Crippen LogP contribution in [0.5, 0.6) is 0 Å². The average molecular weight is 471 g/mol. The third kappa shape index (κ3) is 2.85. The van der Waals surface area contributed by atoms with E-state index >= 15 is 0 Å². The summed E-state index contributed by atoms with van der Waals surface area (Å²) in [7, 11) is 0. The van der Waals surface area contributed by atoms with Gasteiger partial charge in [-0.1, -0.05) is 39.0 Å². The van der Waals surface area contributed by atoms with Gasteiger partial charge < -0.3 is 19.3 Å². The Hall–Kier alpha value is -1.76. The predicted octanol–water partition coefficient (Wildman–Crippen LogP) is 4.13. The standard InChI is InChI=1S/C28H38O6/c1-9-14(2)24(30)33-22-15(3)12-27-16(4)10-19-20(25(19,5)6)18(21(27)29)11-17-13-32-26(7,8)34-23(17)28(22,27)31/h9,11-12,16,18-20,22-23,31H,10,13H2,1-8H3/b14-9-/t16-,18+,19-,20+,22+,23-,27-,28-/m1/s1. The van der Waals surface area contributed by atoms with Gasteiger partial charge in [0.1, 0.15) is 6.10 Å². The molecule has 1 spiro atoms. The summed E-state index contributed by atoms with van der Waals surface area (Å²) in [6.07, 6.45) is 4.62. The number of ether oxygens (including phenoxy) is 3. The van der Waals surface area contributed by atoms with Crippen LogP contribution in [0.3, 0.4) is 0 Å². The molecule has 1 N–H and O–H groups in total. The summed E-state index contributed by atoms with van der Waals surface area (Å²) < 4.78 is 18.4. The molecule has 186 valence electrons. The summed E-state index contributed by atoms with van der Waals surface area (Å²) in [5.74, 6) is -1.30. The summed E-state index contributed by atoms with van der Waals surface area (Å²) in [6.45, 7) is 15.8. The number of rotatable bonds is 2. The molecule has 0 aromatic rings. The van der Waals surface area contributed by atoms with Crippen molar-refractivity contribution >= 4 is 11.8 Å². The third-order valence-electron chi connectivity index (χ3n) is 9.65. The number of hydrogen-bond donors (Lipinski definition) is 1. The lowest BCUT2D eigenvalue weighted by Gasteiger charge is -2.52. The maximum absolute atomic E-state index is 14.6. The van der Waals surface area contributed by atoms with E-state index < -0.39 is 35.0 Å². The Morgan fingerprint density at radius 1 is 1.26 bits per heavy atom. The van der Waals surface area contributed by atoms with Gasteiger partial charge in [-0.3, -0.25) is 4.79 Å². The summed E-state index contributed by atoms with van der Waals surface area (Å²) in [4.78, 5) is 27.5. The van der Waals surface area contributed by atoms with Gasteiger partial charge in [0, 0.05) is 11.5 Å². The van der Waals surface area contributed by atoms with Crippen LogP contribution >= 0.6 is 0 Å². The third-order valence-corrected chi connectivity index (χ3v) is 9.65. The first-order valence-corrected chi connectivity index (χ1v) is 12.5. The van der Waals surface area contributed by atoms with E-state index in [1.807, 2.05) is 32.9 Å². The number of ketones is 1. The molecule has 6 heteroatoms. The number of esters is 1. The number of Topliss-reactive ketones (excluding diaryl/α,β-unsaturated/α-hetero) is 1. The Bertz CT molecular complexity index is 1050. The molecule has 0 radical (unpaired) electrons. The molecule has 1 saturated heterocycles. The predicted molar refractivity (Wildman–Crippen MR) is 126 cm³/mol. The maximum Gasteiger partial charge on any atom is 0.334 e. The number of carbonyl (C=O) groups is 2. The van der Waals surface area contributed by atoms with E-state index in [9.17, 15) is 14.7 Å². The highest BCUT2D eigenvalue weighted by Gasteiger charge is 2.77. The second-order valence-corrected chi connectivity index (χ2v) is 12.2. The van der Waals surface area contributed by atoms with E-state index in [0.29, 0.717) is 17.1 Å². The highest BCUT2D eigenvalue weighted by molar-refractivity contribution is 5.96. The van der Waals surface area contributed by atoms with E-state index in [1.165, 1.54) is 0 Å². The van der Waals surface area contributed by atoms with E-state index in [1.54, 1.807) is 19.9 Å². The minimum Gasteiger partial charge on any atom is -0.451 e. The van der Waals surface area contributed by atoms with Crippen molar-refractivity contribution in [1.82, 2.24) is 0 Å². The van der Waals surface area contributed by atoms with E-state index in [-0.39, 0.29) is 35.6 Å². The summed E-state index contributed by atoms with van der Waals surface area (Å²) in [5, 5.41) is 12.9. The van der Waals surface area contributed by atoms with Crippen molar-refractivity contribution in [2.45, 2.75) is 85.4 Å². The van der Waals surface area contributed by atoms with Gasteiger partial charge in [0.25, 0.3) is 0 Å². The smallest absolute Gasteiger partial charge is 0.334 e. The van der Waals surface area contributed by atoms with E-state index in [0.717, 1.165) is 12.0 Å². The fraction of sp³-hybridized carbons (Fsp3) is 0.714. The van der Waals surface area contributed by atoms with Crippen LogP contribution in [0, 0.1) is 34.5 Å². The van der Waals surface area contributed by atoms with Gasteiger partial charge in [0.15, 0.2) is 23.3 Å². The Labute approximate surface area is 202 Å². The fourth-order valence-corrected chi connectivity index (χ4v) is 7.62. The zero-order valence-electron chi connectivity index (χ0n) is 21.6. The molecular formula is C28H38O6. The van der Waals surface area contributed by atoms with Crippen molar-refractivity contribution in [1.29, 1.82) is 0 Å². The monoisotopic (exact) mass is 470 g/mol. The Morgan fingerprint density at radius 3 is 2.59 bits per heavy atom. The summed E-state index contributed by atoms with van der Waals surface area (Å²) >= 11 is 0. The van der Waals surface area contributed by atoms with Gasteiger partial charge in [0.2, 0.25) is 0 Å². The quantitative estimate of drug-likeness (QED) is 0.371. The van der Waals surface area contributed by atoms with Crippen LogP contribution in [0.4, 0.5) is 0 Å². The van der Waals surface area contributed by atoms with Gasteiger partial charge in [-0.05, 0) is 75.4 Å². The molecule has 2 bridgehead atoms. The normalized spacial score (nSPS) is 46.1. The van der Waals surface area contributed by atoms with Crippen LogP contribution < -0.4 is 0 Å². The molecule has 0 amide bonds. The van der Waals surface area contributed by atoms with Crippen LogP contribution in [0.1, 0.15) is 61.8 Å². The van der Waals surface area contributed by atoms with Crippen molar-refractivity contribution in [3.05, 3.63) is 34.9 Å². The largest absolute Gasteiger partial charge is 0.451 e. The lowest BCUT2D eigenvalue weighted by atomic mass is 9.59. The number of carbonyl (C=O) groups excluding carboxylic acids is 2. The first-order valence-electron chi connectivity index (χ1n) is 12.5. The summed E-state index contributed by atoms with van der Waals surface area (Å²) in [6, 6.07) is 0. The summed E-state index contributed by atoms with van der Waals surface area (Å²) in [5.41, 5.74) is -0.994. The van der Waals surface area contributed by atoms with E-state index in [4.69, 9.17) is 14.2 Å². The van der Waals surface area contributed by atoms with Crippen LogP contribution in [0.25, 0.3) is 0 Å². The second-order valence-electron chi connectivity index (χ2n) is 12.2. The van der Waals surface area contributed by atoms with Crippen molar-refractivity contribution in [3.63, 3.8) is 0 Å². The number of allylic oxidation sites excluding steroid dienone is 2. The first-order chi connectivity index (χ1) is 15.7. The lowest BCUT2D eigenvalue weighted by Crippen LogP contribution is -2.68. The molecule has 5 aliphatic rings. The SMILES string of the molecule is C/C=C(/C)C(=O)O[C@H]1C(C)=C[C@@]23C(=O)[C@@H](C=C4COC(C)(C)O[C@H]4[C@]12O)[C@H]1[C@@H](C[C@H]3C)C1(C)C. The molecular weight excluding hydrogens is 432 g/mol. The molecule has 4 aliphatic carbocycles. The molecule has 1 aliphatic heterocycles. The molecule has 8 atom stereocenters. The maximum atomic E-state index is 14.6. The Balaban J connectivity index is 1.72. The number of aliphatic hydroxyl groups is 1. The van der Waals surface area contributed by atoms with E-state index in [2.05, 4.69) is 20.8 Å². The van der Waals surface area contributed by atoms with Gasteiger partial charge >= 0.3 is 5.97 Å². The van der Waals surface area contributed by atoms with Crippen molar-refractivity contribution in [2.24, 2.45) is 34.5 Å². The fourth-order valence-electron chi connectivity index (χ4n) is 7.62. The topological polar surface area (TPSA) is 82.1 Å². The lowest BCUT2D eigenvalue weighted by molar-refractivity contribution is -0.303. The number of hydrogen-bond acceptors (Lipinski definition) is 6. The van der Waals surface area contributed by atoms with Gasteiger partial charge in [-0.2, -0.15) is 0 Å². The second kappa shape index (κ2) is 7.14. The molecule has 0 aromatic carbocycles. The number of fused-ring (bicyclic) bond motifs is 5. The van der Waals surface area contributed by atoms with Crippen LogP contribution in [-0.4, -0.2) is 47.1 Å². The average Bonchev–Trinajstić information content (AvgIpc) is 3.25. The van der Waals surface area contributed by atoms with Gasteiger partial charge in [0.05, 0.1) is 12.0 Å². The van der Waals surface area contributed by atoms with Crippen LogP contribution in [0.2, 0.25) is 0 Å². The van der Waals surface area contributed by atoms with Gasteiger partial charge in [-0.15, -0.1) is 0 Å². The Morgan fingerprint density at radius 2 is 1.94 bits per heavy atom. The van der Waals surface area contributed by atoms with Crippen LogP contribution in [0.15, 0.2) is 34.9 Å². The molecule has 2 saturated carbocycles. The molecule has 34 heavy (non-hydrogen) atoms. The molecule has 5 rings (SSSR count). The molecule has 1 heterocycles.